The molecule has 62 heavy (non-hydrogen) atoms. The fourth-order valence-electron chi connectivity index (χ4n) is 6.68. The molecule has 1 aromatic heterocycles. The highest BCUT2D eigenvalue weighted by Gasteiger charge is 2.24. The van der Waals surface area contributed by atoms with Crippen LogP contribution in [-0.4, -0.2) is 73.7 Å². The number of fused-ring (bicyclic) bond motifs is 1. The Bertz CT molecular complexity index is 2190. The number of ketones is 1. The van der Waals surface area contributed by atoms with Gasteiger partial charge in [-0.25, -0.2) is 0 Å². The third kappa shape index (κ3) is 16.6. The number of aromatic hydroxyl groups is 1. The van der Waals surface area contributed by atoms with E-state index in [1.807, 2.05) is 18.2 Å². The zero-order valence-corrected chi connectivity index (χ0v) is 36.7. The van der Waals surface area contributed by atoms with Crippen LogP contribution in [0.2, 0.25) is 0 Å². The van der Waals surface area contributed by atoms with Crippen LogP contribution in [0.4, 0.5) is 0 Å². The number of carbonyl (C=O) groups is 3. The number of morpholine rings is 1. The predicted octanol–water partition coefficient (Wildman–Crippen LogP) is 11.0. The van der Waals surface area contributed by atoms with Gasteiger partial charge < -0.3 is 24.6 Å². The van der Waals surface area contributed by atoms with Crippen molar-refractivity contribution in [2.45, 2.75) is 64.7 Å². The molecule has 4 aromatic rings. The van der Waals surface area contributed by atoms with Gasteiger partial charge in [0, 0.05) is 58.7 Å². The molecule has 0 aliphatic carbocycles. The van der Waals surface area contributed by atoms with Crippen LogP contribution in [0.25, 0.3) is 15.7 Å². The number of ether oxygens (including phenoxy) is 3. The number of benzene rings is 3. The van der Waals surface area contributed by atoms with Crippen molar-refractivity contribution in [2.24, 2.45) is 0 Å². The van der Waals surface area contributed by atoms with Crippen molar-refractivity contribution in [3.8, 4) is 17.2 Å². The molecule has 1 fully saturated rings. The molecule has 2 N–H and O–H groups in total. The molecule has 0 radical (unpaired) electrons. The molecule has 1 amide bonds. The van der Waals surface area contributed by atoms with Gasteiger partial charge in [-0.3, -0.25) is 19.3 Å². The summed E-state index contributed by atoms with van der Waals surface area (Å²) in [5, 5.41) is 14.0. The van der Waals surface area contributed by atoms with Crippen LogP contribution >= 0.6 is 11.3 Å². The molecule has 0 unspecified atom stereocenters. The van der Waals surface area contributed by atoms with Crippen LogP contribution in [0.5, 0.6) is 17.2 Å². The Morgan fingerprint density at radius 2 is 1.40 bits per heavy atom. The minimum absolute atomic E-state index is 0.0313. The van der Waals surface area contributed by atoms with Crippen LogP contribution in [0.15, 0.2) is 140 Å². The van der Waals surface area contributed by atoms with Gasteiger partial charge >= 0.3 is 5.97 Å². The molecule has 5 rings (SSSR count). The van der Waals surface area contributed by atoms with Crippen LogP contribution in [-0.2, 0) is 14.3 Å². The fraction of sp³-hybridized carbons (Fsp3) is 0.327. The maximum Gasteiger partial charge on any atom is 0.312 e. The highest BCUT2D eigenvalue weighted by atomic mass is 32.1. The van der Waals surface area contributed by atoms with E-state index in [1.54, 1.807) is 54.6 Å². The Hall–Kier alpha value is -5.81. The van der Waals surface area contributed by atoms with E-state index in [9.17, 15) is 19.5 Å². The Labute approximate surface area is 370 Å². The average molecular weight is 857 g/mol. The summed E-state index contributed by atoms with van der Waals surface area (Å²) >= 11 is 1.43. The van der Waals surface area contributed by atoms with Gasteiger partial charge in [-0.1, -0.05) is 92.0 Å². The van der Waals surface area contributed by atoms with E-state index in [-0.39, 0.29) is 36.8 Å². The monoisotopic (exact) mass is 856 g/mol. The third-order valence-corrected chi connectivity index (χ3v) is 11.2. The maximum absolute atomic E-state index is 14.5. The summed E-state index contributed by atoms with van der Waals surface area (Å²) in [6.07, 6.45) is 29.5. The minimum atomic E-state index is -0.432. The SMILES string of the molecule is CC/C=C\C/C=C\C/C=C\C/C=C\C/C=C\C/C=C(/CCC(=O)NCCC(=O)Oc1ccccc1)c1sc2cc(O)ccc2c1C(=O)c1ccc(OCCN2CCOCC2)cc1. The summed E-state index contributed by atoms with van der Waals surface area (Å²) in [5.74, 6) is 0.452. The fourth-order valence-corrected chi connectivity index (χ4v) is 7.98. The van der Waals surface area contributed by atoms with Crippen molar-refractivity contribution < 1.29 is 33.7 Å². The number of hydrogen-bond donors (Lipinski definition) is 2. The van der Waals surface area contributed by atoms with Gasteiger partial charge in [0.1, 0.15) is 23.9 Å². The first kappa shape index (κ1) is 47.2. The van der Waals surface area contributed by atoms with Crippen molar-refractivity contribution in [3.05, 3.63) is 156 Å². The largest absolute Gasteiger partial charge is 0.508 e. The Morgan fingerprint density at radius 1 is 0.758 bits per heavy atom. The Kier molecular flexibility index (Phi) is 20.7. The summed E-state index contributed by atoms with van der Waals surface area (Å²) in [5.41, 5.74) is 1.90. The zero-order chi connectivity index (χ0) is 43.6. The highest BCUT2D eigenvalue weighted by Crippen LogP contribution is 2.40. The molecule has 0 spiro atoms. The molecule has 0 bridgehead atoms. The van der Waals surface area contributed by atoms with E-state index in [4.69, 9.17) is 14.2 Å². The van der Waals surface area contributed by atoms with Crippen molar-refractivity contribution in [1.29, 1.82) is 0 Å². The second-order valence-electron chi connectivity index (χ2n) is 14.7. The molecule has 2 heterocycles. The normalized spacial score (nSPS) is 14.0. The number of carbonyl (C=O) groups excluding carboxylic acids is 3. The maximum atomic E-state index is 14.5. The molecule has 326 valence electrons. The van der Waals surface area contributed by atoms with E-state index in [1.165, 1.54) is 11.3 Å². The first-order valence-electron chi connectivity index (χ1n) is 21.7. The number of nitrogens with zero attached hydrogens (tertiary/aromatic N) is 1. The summed E-state index contributed by atoms with van der Waals surface area (Å²) in [6, 6.07) is 21.1. The first-order valence-corrected chi connectivity index (χ1v) is 22.5. The molecule has 1 aliphatic heterocycles. The van der Waals surface area contributed by atoms with Gasteiger partial charge in [-0.15, -0.1) is 11.3 Å². The lowest BCUT2D eigenvalue weighted by atomic mass is 9.95. The van der Waals surface area contributed by atoms with E-state index in [2.05, 4.69) is 84.0 Å². The van der Waals surface area contributed by atoms with Crippen molar-refractivity contribution in [3.63, 3.8) is 0 Å². The standard InChI is InChI=1S/C52H60N2O7S/c1-2-3-4-5-6-7-8-9-10-11-12-13-14-15-16-18-21-42(26-31-48(56)53-33-32-49(57)61-45-22-19-17-20-23-45)52-50(46-30-27-43(55)40-47(46)62-52)51(58)41-24-28-44(29-25-41)60-39-36-54-34-37-59-38-35-54/h3-4,6-7,9-10,12-13,15-17,19-25,27-30,40,55H,2,5,8,11,14,18,26,31-39H2,1H3,(H,53,56)/b4-3-,7-6-,10-9-,13-12-,16-15-,42-21-. The number of thiophene rings is 1. The third-order valence-electron chi connectivity index (χ3n) is 9.99. The number of para-hydroxylation sites is 1. The molecule has 9 nitrogen and oxygen atoms in total. The van der Waals surface area contributed by atoms with Gasteiger partial charge in [0.2, 0.25) is 5.91 Å². The van der Waals surface area contributed by atoms with Gasteiger partial charge in [-0.05, 0) is 105 Å². The highest BCUT2D eigenvalue weighted by molar-refractivity contribution is 7.20. The lowest BCUT2D eigenvalue weighted by Gasteiger charge is -2.26. The van der Waals surface area contributed by atoms with E-state index < -0.39 is 5.97 Å². The Balaban J connectivity index is 1.26. The molecular weight excluding hydrogens is 797 g/mol. The lowest BCUT2D eigenvalue weighted by Crippen LogP contribution is -2.38. The van der Waals surface area contributed by atoms with Gasteiger partial charge in [-0.2, -0.15) is 0 Å². The number of nitrogens with one attached hydrogen (secondary N) is 1. The van der Waals surface area contributed by atoms with Gasteiger partial charge in [0.05, 0.1) is 19.6 Å². The van der Waals surface area contributed by atoms with Crippen LogP contribution in [0.3, 0.4) is 0 Å². The van der Waals surface area contributed by atoms with Gasteiger partial charge in [0.25, 0.3) is 0 Å². The number of esters is 1. The number of phenolic OH excluding ortho intramolecular Hbond substituents is 1. The summed E-state index contributed by atoms with van der Waals surface area (Å²) in [6.45, 7) is 6.86. The Morgan fingerprint density at radius 3 is 2.06 bits per heavy atom. The zero-order valence-electron chi connectivity index (χ0n) is 35.8. The average Bonchev–Trinajstić information content (AvgIpc) is 3.66. The quantitative estimate of drug-likeness (QED) is 0.0293. The molecule has 1 aliphatic rings. The number of allylic oxidation sites excluding steroid dienone is 12. The summed E-state index contributed by atoms with van der Waals surface area (Å²) < 4.78 is 17.6. The molecule has 10 heteroatoms. The smallest absolute Gasteiger partial charge is 0.312 e. The minimum Gasteiger partial charge on any atom is -0.508 e. The van der Waals surface area contributed by atoms with Crippen molar-refractivity contribution in [1.82, 2.24) is 10.2 Å². The van der Waals surface area contributed by atoms with Crippen molar-refractivity contribution in [2.75, 3.05) is 46.0 Å². The summed E-state index contributed by atoms with van der Waals surface area (Å²) in [7, 11) is 0. The van der Waals surface area contributed by atoms with E-state index in [0.29, 0.717) is 42.1 Å². The summed E-state index contributed by atoms with van der Waals surface area (Å²) in [4.78, 5) is 43.0. The second-order valence-corrected chi connectivity index (χ2v) is 15.8. The van der Waals surface area contributed by atoms with E-state index in [0.717, 1.165) is 85.5 Å². The number of phenols is 1. The van der Waals surface area contributed by atoms with E-state index >= 15 is 0 Å². The van der Waals surface area contributed by atoms with Crippen LogP contribution in [0.1, 0.15) is 85.5 Å². The molecule has 0 saturated carbocycles. The van der Waals surface area contributed by atoms with Crippen LogP contribution in [0, 0.1) is 0 Å². The molecular formula is C52H60N2O7S. The predicted molar refractivity (Wildman–Crippen MR) is 252 cm³/mol. The van der Waals surface area contributed by atoms with Crippen molar-refractivity contribution >= 4 is 44.7 Å². The van der Waals surface area contributed by atoms with Gasteiger partial charge in [0.15, 0.2) is 5.78 Å². The first-order chi connectivity index (χ1) is 30.4. The molecule has 0 atom stereocenters. The topological polar surface area (TPSA) is 114 Å². The number of rotatable bonds is 25. The number of hydrogen-bond acceptors (Lipinski definition) is 9. The molecule has 1 saturated heterocycles. The lowest BCUT2D eigenvalue weighted by molar-refractivity contribution is -0.134. The second kappa shape index (κ2) is 27.2. The molecule has 3 aromatic carbocycles. The van der Waals surface area contributed by atoms with Crippen LogP contribution < -0.4 is 14.8 Å². The number of amides is 1.